The molecule has 0 radical (unpaired) electrons. The highest BCUT2D eigenvalue weighted by Gasteiger charge is 2.14. The Kier molecular flexibility index (Phi) is 4.22. The van der Waals surface area contributed by atoms with Crippen LogP contribution in [0.4, 0.5) is 0 Å². The molecule has 138 valence electrons. The minimum Gasteiger partial charge on any atom is -0.216 e. The quantitative estimate of drug-likeness (QED) is 0.437. The first-order valence-corrected chi connectivity index (χ1v) is 9.52. The van der Waals surface area contributed by atoms with E-state index in [0.717, 1.165) is 35.4 Å². The van der Waals surface area contributed by atoms with E-state index < -0.39 is 0 Å². The lowest BCUT2D eigenvalue weighted by atomic mass is 10.1. The van der Waals surface area contributed by atoms with Crippen LogP contribution in [0.3, 0.4) is 0 Å². The topological polar surface area (TPSA) is 60.9 Å². The van der Waals surface area contributed by atoms with Crippen LogP contribution in [0.2, 0.25) is 10.0 Å². The lowest BCUT2D eigenvalue weighted by Gasteiger charge is -2.04. The predicted molar refractivity (Wildman–Crippen MR) is 109 cm³/mol. The molecule has 0 aliphatic rings. The van der Waals surface area contributed by atoms with Gasteiger partial charge in [0.1, 0.15) is 6.33 Å². The van der Waals surface area contributed by atoms with E-state index in [4.69, 9.17) is 28.2 Å². The van der Waals surface area contributed by atoms with E-state index in [9.17, 15) is 0 Å². The Balaban J connectivity index is 1.52. The molecule has 3 aromatic heterocycles. The molecule has 8 heteroatoms. The van der Waals surface area contributed by atoms with Gasteiger partial charge in [-0.1, -0.05) is 53.5 Å². The van der Waals surface area contributed by atoms with Crippen molar-refractivity contribution in [3.63, 3.8) is 0 Å². The molecule has 2 aromatic carbocycles. The SMILES string of the molecule is Clc1ccc(-n2ncc3c2ncn2nc(CCc4ccccc4)nc32)cc1Cl. The molecular weight excluding hydrogens is 395 g/mol. The molecule has 0 N–H and O–H groups in total. The lowest BCUT2D eigenvalue weighted by Crippen LogP contribution is -1.99. The Hall–Kier alpha value is -2.96. The zero-order valence-corrected chi connectivity index (χ0v) is 16.1. The molecule has 3 heterocycles. The fourth-order valence-corrected chi connectivity index (χ4v) is 3.47. The van der Waals surface area contributed by atoms with E-state index in [1.165, 1.54) is 5.56 Å². The monoisotopic (exact) mass is 408 g/mol. The first-order valence-electron chi connectivity index (χ1n) is 8.76. The van der Waals surface area contributed by atoms with Crippen LogP contribution in [0.25, 0.3) is 22.4 Å². The number of nitrogens with zero attached hydrogens (tertiary/aromatic N) is 6. The van der Waals surface area contributed by atoms with E-state index in [2.05, 4.69) is 27.3 Å². The number of benzene rings is 2. The number of hydrogen-bond donors (Lipinski definition) is 0. The fourth-order valence-electron chi connectivity index (χ4n) is 3.18. The van der Waals surface area contributed by atoms with Gasteiger partial charge in [-0.25, -0.2) is 19.2 Å². The normalized spacial score (nSPS) is 11.5. The highest BCUT2D eigenvalue weighted by molar-refractivity contribution is 6.42. The third-order valence-electron chi connectivity index (χ3n) is 4.58. The summed E-state index contributed by atoms with van der Waals surface area (Å²) in [5.74, 6) is 0.778. The third kappa shape index (κ3) is 3.00. The molecule has 0 aliphatic carbocycles. The zero-order valence-electron chi connectivity index (χ0n) is 14.6. The molecule has 0 amide bonds. The third-order valence-corrected chi connectivity index (χ3v) is 5.32. The maximum Gasteiger partial charge on any atom is 0.170 e. The van der Waals surface area contributed by atoms with Gasteiger partial charge in [-0.3, -0.25) is 0 Å². The molecule has 0 atom stereocenters. The van der Waals surface area contributed by atoms with Crippen LogP contribution in [0.15, 0.2) is 61.1 Å². The second-order valence-corrected chi connectivity index (χ2v) is 7.23. The van der Waals surface area contributed by atoms with E-state index in [-0.39, 0.29) is 0 Å². The molecule has 0 unspecified atom stereocenters. The number of hydrogen-bond acceptors (Lipinski definition) is 4. The Labute approximate surface area is 170 Å². The molecule has 6 nitrogen and oxygen atoms in total. The van der Waals surface area contributed by atoms with Gasteiger partial charge in [0.2, 0.25) is 0 Å². The van der Waals surface area contributed by atoms with Gasteiger partial charge in [-0.15, -0.1) is 5.10 Å². The van der Waals surface area contributed by atoms with Crippen molar-refractivity contribution in [2.45, 2.75) is 12.8 Å². The van der Waals surface area contributed by atoms with Gasteiger partial charge in [0, 0.05) is 6.42 Å². The van der Waals surface area contributed by atoms with Crippen molar-refractivity contribution in [3.8, 4) is 5.69 Å². The molecule has 5 aromatic rings. The summed E-state index contributed by atoms with van der Waals surface area (Å²) in [5, 5.41) is 10.8. The summed E-state index contributed by atoms with van der Waals surface area (Å²) in [7, 11) is 0. The standard InChI is InChI=1S/C20H14Cl2N6/c21-16-8-7-14(10-17(16)22)28-19-15(11-24-28)20-25-18(26-27(20)12-23-19)9-6-13-4-2-1-3-5-13/h1-5,7-8,10-12H,6,9H2. The summed E-state index contributed by atoms with van der Waals surface area (Å²) in [5.41, 5.74) is 3.47. The van der Waals surface area contributed by atoms with Crippen LogP contribution in [0, 0.1) is 0 Å². The summed E-state index contributed by atoms with van der Waals surface area (Å²) in [4.78, 5) is 9.22. The maximum absolute atomic E-state index is 6.15. The molecule has 28 heavy (non-hydrogen) atoms. The van der Waals surface area contributed by atoms with Crippen LogP contribution < -0.4 is 0 Å². The number of rotatable bonds is 4. The highest BCUT2D eigenvalue weighted by Crippen LogP contribution is 2.26. The van der Waals surface area contributed by atoms with Gasteiger partial charge in [0.15, 0.2) is 17.1 Å². The average Bonchev–Trinajstić information content (AvgIpc) is 3.33. The molecule has 0 saturated carbocycles. The van der Waals surface area contributed by atoms with Crippen LogP contribution in [-0.4, -0.2) is 29.4 Å². The second kappa shape index (κ2) is 6.89. The van der Waals surface area contributed by atoms with E-state index in [1.807, 2.05) is 24.3 Å². The summed E-state index contributed by atoms with van der Waals surface area (Å²) in [6.45, 7) is 0. The molecule has 0 aliphatic heterocycles. The minimum atomic E-state index is 0.467. The zero-order chi connectivity index (χ0) is 19.1. The Bertz CT molecular complexity index is 1290. The first-order chi connectivity index (χ1) is 13.7. The van der Waals surface area contributed by atoms with Gasteiger partial charge < -0.3 is 0 Å². The number of fused-ring (bicyclic) bond motifs is 3. The van der Waals surface area contributed by atoms with Gasteiger partial charge >= 0.3 is 0 Å². The van der Waals surface area contributed by atoms with Crippen molar-refractivity contribution in [3.05, 3.63) is 82.5 Å². The maximum atomic E-state index is 6.15. The van der Waals surface area contributed by atoms with Crippen LogP contribution in [0.5, 0.6) is 0 Å². The van der Waals surface area contributed by atoms with Crippen molar-refractivity contribution in [2.75, 3.05) is 0 Å². The van der Waals surface area contributed by atoms with Crippen molar-refractivity contribution >= 4 is 39.9 Å². The lowest BCUT2D eigenvalue weighted by molar-refractivity contribution is 0.826. The van der Waals surface area contributed by atoms with Gasteiger partial charge in [-0.2, -0.15) is 5.10 Å². The summed E-state index contributed by atoms with van der Waals surface area (Å²) < 4.78 is 3.42. The number of halogens is 2. The van der Waals surface area contributed by atoms with E-state index in [1.54, 1.807) is 33.9 Å². The molecule has 0 bridgehead atoms. The molecule has 0 fully saturated rings. The van der Waals surface area contributed by atoms with Crippen LogP contribution in [-0.2, 0) is 12.8 Å². The van der Waals surface area contributed by atoms with Crippen molar-refractivity contribution in [2.24, 2.45) is 0 Å². The Morgan fingerprint density at radius 3 is 2.57 bits per heavy atom. The minimum absolute atomic E-state index is 0.467. The van der Waals surface area contributed by atoms with Crippen molar-refractivity contribution in [1.29, 1.82) is 0 Å². The van der Waals surface area contributed by atoms with Gasteiger partial charge in [-0.05, 0) is 30.2 Å². The largest absolute Gasteiger partial charge is 0.216 e. The number of aryl methyl sites for hydroxylation is 2. The second-order valence-electron chi connectivity index (χ2n) is 6.42. The van der Waals surface area contributed by atoms with Crippen molar-refractivity contribution < 1.29 is 0 Å². The summed E-state index contributed by atoms with van der Waals surface area (Å²) in [6, 6.07) is 15.7. The smallest absolute Gasteiger partial charge is 0.170 e. The molecule has 0 saturated heterocycles. The highest BCUT2D eigenvalue weighted by atomic mass is 35.5. The molecule has 5 rings (SSSR count). The average molecular weight is 409 g/mol. The summed E-state index contributed by atoms with van der Waals surface area (Å²) in [6.07, 6.45) is 5.05. The number of aromatic nitrogens is 6. The molecule has 0 spiro atoms. The van der Waals surface area contributed by atoms with Crippen LogP contribution >= 0.6 is 23.2 Å². The van der Waals surface area contributed by atoms with Crippen LogP contribution in [0.1, 0.15) is 11.4 Å². The summed E-state index contributed by atoms with van der Waals surface area (Å²) >= 11 is 12.2. The van der Waals surface area contributed by atoms with Crippen molar-refractivity contribution in [1.82, 2.24) is 29.4 Å². The van der Waals surface area contributed by atoms with E-state index >= 15 is 0 Å². The molecular formula is C20H14Cl2N6. The van der Waals surface area contributed by atoms with Gasteiger partial charge in [0.25, 0.3) is 0 Å². The fraction of sp³-hybridized carbons (Fsp3) is 0.100. The Morgan fingerprint density at radius 1 is 0.893 bits per heavy atom. The Morgan fingerprint density at radius 2 is 1.75 bits per heavy atom. The van der Waals surface area contributed by atoms with E-state index in [0.29, 0.717) is 15.7 Å². The van der Waals surface area contributed by atoms with Gasteiger partial charge in [0.05, 0.1) is 27.3 Å². The first kappa shape index (κ1) is 17.2. The predicted octanol–water partition coefficient (Wildman–Crippen LogP) is 4.56.